The van der Waals surface area contributed by atoms with E-state index in [0.29, 0.717) is 18.0 Å². The third-order valence-corrected chi connectivity index (χ3v) is 5.58. The Morgan fingerprint density at radius 2 is 1.72 bits per heavy atom. The number of nitrogens with zero attached hydrogens (tertiary/aromatic N) is 3. The topological polar surface area (TPSA) is 52.1 Å². The first-order valence-electron chi connectivity index (χ1n) is 10.5. The van der Waals surface area contributed by atoms with Gasteiger partial charge in [0.05, 0.1) is 13.2 Å². The van der Waals surface area contributed by atoms with Crippen LogP contribution < -0.4 is 10.6 Å². The molecule has 0 bridgehead atoms. The number of hydrogen-bond acceptors (Lipinski definition) is 4. The lowest BCUT2D eigenvalue weighted by Crippen LogP contribution is -2.53. The highest BCUT2D eigenvalue weighted by Gasteiger charge is 2.24. The smallest absolute Gasteiger partial charge is 0.191 e. The van der Waals surface area contributed by atoms with Crippen LogP contribution in [0.25, 0.3) is 0 Å². The summed E-state index contributed by atoms with van der Waals surface area (Å²) in [5.41, 5.74) is 1.34. The van der Waals surface area contributed by atoms with Gasteiger partial charge < -0.3 is 15.4 Å². The predicted molar refractivity (Wildman–Crippen MR) is 133 cm³/mol. The van der Waals surface area contributed by atoms with E-state index in [1.807, 2.05) is 7.05 Å². The number of benzene rings is 1. The Morgan fingerprint density at radius 1 is 1.10 bits per heavy atom. The SMILES string of the molecule is CN=C(NCC(C)N(C)Cc1ccccc1)NCC(C(C)C)N1CCOCC1.I. The second kappa shape index (κ2) is 14.2. The van der Waals surface area contributed by atoms with E-state index in [1.165, 1.54) is 5.56 Å². The van der Waals surface area contributed by atoms with Gasteiger partial charge in [-0.25, -0.2) is 0 Å². The molecule has 1 saturated heterocycles. The number of nitrogens with one attached hydrogen (secondary N) is 2. The second-order valence-electron chi connectivity index (χ2n) is 8.04. The number of likely N-dealkylation sites (N-methyl/N-ethyl adjacent to an activating group) is 1. The Balaban J connectivity index is 0.00000420. The lowest BCUT2D eigenvalue weighted by molar-refractivity contribution is 0.00752. The average molecular weight is 518 g/mol. The van der Waals surface area contributed by atoms with Crippen molar-refractivity contribution in [2.75, 3.05) is 53.5 Å². The fraction of sp³-hybridized carbons (Fsp3) is 0.682. The van der Waals surface area contributed by atoms with Crippen molar-refractivity contribution in [2.24, 2.45) is 10.9 Å². The van der Waals surface area contributed by atoms with Gasteiger partial charge in [0.2, 0.25) is 0 Å². The fourth-order valence-electron chi connectivity index (χ4n) is 3.54. The molecular weight excluding hydrogens is 477 g/mol. The van der Waals surface area contributed by atoms with Gasteiger partial charge in [-0.05, 0) is 25.5 Å². The Hall–Kier alpha value is -0.900. The number of aliphatic imine (C=N–C) groups is 1. The van der Waals surface area contributed by atoms with Crippen LogP contribution in [0.3, 0.4) is 0 Å². The van der Waals surface area contributed by atoms with E-state index in [9.17, 15) is 0 Å². The van der Waals surface area contributed by atoms with Crippen LogP contribution in [0.15, 0.2) is 35.3 Å². The lowest BCUT2D eigenvalue weighted by Gasteiger charge is -2.37. The molecule has 6 nitrogen and oxygen atoms in total. The normalized spacial score (nSPS) is 17.7. The van der Waals surface area contributed by atoms with Crippen molar-refractivity contribution < 1.29 is 4.74 Å². The molecule has 1 heterocycles. The molecule has 2 atom stereocenters. The molecule has 166 valence electrons. The zero-order valence-corrected chi connectivity index (χ0v) is 21.1. The minimum Gasteiger partial charge on any atom is -0.379 e. The van der Waals surface area contributed by atoms with Gasteiger partial charge in [0.1, 0.15) is 0 Å². The Bertz CT molecular complexity index is 578. The summed E-state index contributed by atoms with van der Waals surface area (Å²) in [4.78, 5) is 9.31. The number of morpholine rings is 1. The van der Waals surface area contributed by atoms with E-state index in [0.717, 1.165) is 51.9 Å². The molecule has 1 fully saturated rings. The highest BCUT2D eigenvalue weighted by atomic mass is 127. The van der Waals surface area contributed by atoms with Crippen LogP contribution in [0.1, 0.15) is 26.3 Å². The molecule has 1 aliphatic rings. The summed E-state index contributed by atoms with van der Waals surface area (Å²) < 4.78 is 5.50. The fourth-order valence-corrected chi connectivity index (χ4v) is 3.54. The Morgan fingerprint density at radius 3 is 2.31 bits per heavy atom. The molecule has 1 aliphatic heterocycles. The van der Waals surface area contributed by atoms with Gasteiger partial charge in [-0.2, -0.15) is 0 Å². The van der Waals surface area contributed by atoms with Gasteiger partial charge in [-0.1, -0.05) is 44.2 Å². The summed E-state index contributed by atoms with van der Waals surface area (Å²) in [6, 6.07) is 11.5. The van der Waals surface area contributed by atoms with Gasteiger partial charge in [-0.3, -0.25) is 14.8 Å². The van der Waals surface area contributed by atoms with Crippen molar-refractivity contribution in [3.63, 3.8) is 0 Å². The van der Waals surface area contributed by atoms with Gasteiger partial charge >= 0.3 is 0 Å². The zero-order valence-electron chi connectivity index (χ0n) is 18.7. The van der Waals surface area contributed by atoms with E-state index in [-0.39, 0.29) is 24.0 Å². The molecule has 29 heavy (non-hydrogen) atoms. The average Bonchev–Trinajstić information content (AvgIpc) is 2.71. The van der Waals surface area contributed by atoms with Crippen molar-refractivity contribution in [3.05, 3.63) is 35.9 Å². The third kappa shape index (κ3) is 9.19. The van der Waals surface area contributed by atoms with Gasteiger partial charge in [0.25, 0.3) is 0 Å². The van der Waals surface area contributed by atoms with Crippen molar-refractivity contribution in [3.8, 4) is 0 Å². The minimum atomic E-state index is 0. The van der Waals surface area contributed by atoms with E-state index < -0.39 is 0 Å². The quantitative estimate of drug-likeness (QED) is 0.300. The number of ether oxygens (including phenoxy) is 1. The van der Waals surface area contributed by atoms with Crippen molar-refractivity contribution in [1.29, 1.82) is 0 Å². The van der Waals surface area contributed by atoms with Gasteiger partial charge in [0, 0.05) is 51.9 Å². The molecule has 0 saturated carbocycles. The first-order valence-corrected chi connectivity index (χ1v) is 10.5. The molecule has 0 aromatic heterocycles. The number of hydrogen-bond donors (Lipinski definition) is 2. The Labute approximate surface area is 194 Å². The summed E-state index contributed by atoms with van der Waals surface area (Å²) in [5.74, 6) is 1.46. The summed E-state index contributed by atoms with van der Waals surface area (Å²) in [7, 11) is 4.01. The molecule has 0 amide bonds. The van der Waals surface area contributed by atoms with Gasteiger partial charge in [-0.15, -0.1) is 24.0 Å². The van der Waals surface area contributed by atoms with Crippen LogP contribution in [0.2, 0.25) is 0 Å². The third-order valence-electron chi connectivity index (χ3n) is 5.58. The van der Waals surface area contributed by atoms with Crippen LogP contribution in [-0.2, 0) is 11.3 Å². The van der Waals surface area contributed by atoms with Crippen LogP contribution in [0.4, 0.5) is 0 Å². The van der Waals surface area contributed by atoms with Crippen molar-refractivity contribution in [1.82, 2.24) is 20.4 Å². The van der Waals surface area contributed by atoms with Gasteiger partial charge in [0.15, 0.2) is 5.96 Å². The van der Waals surface area contributed by atoms with E-state index in [4.69, 9.17) is 4.74 Å². The number of guanidine groups is 1. The maximum Gasteiger partial charge on any atom is 0.191 e. The monoisotopic (exact) mass is 517 g/mol. The van der Waals surface area contributed by atoms with Crippen molar-refractivity contribution >= 4 is 29.9 Å². The molecule has 1 aromatic carbocycles. The van der Waals surface area contributed by atoms with E-state index >= 15 is 0 Å². The maximum atomic E-state index is 5.50. The highest BCUT2D eigenvalue weighted by Crippen LogP contribution is 2.12. The summed E-state index contributed by atoms with van der Waals surface area (Å²) in [6.45, 7) is 13.2. The largest absolute Gasteiger partial charge is 0.379 e. The molecule has 7 heteroatoms. The molecule has 2 unspecified atom stereocenters. The Kier molecular flexibility index (Phi) is 12.8. The van der Waals surface area contributed by atoms with E-state index in [1.54, 1.807) is 0 Å². The molecule has 2 rings (SSSR count). The predicted octanol–water partition coefficient (Wildman–Crippen LogP) is 2.65. The molecule has 0 aliphatic carbocycles. The van der Waals surface area contributed by atoms with Crippen LogP contribution in [0, 0.1) is 5.92 Å². The molecule has 0 spiro atoms. The second-order valence-corrected chi connectivity index (χ2v) is 8.04. The summed E-state index contributed by atoms with van der Waals surface area (Å²) in [5, 5.41) is 7.02. The maximum absolute atomic E-state index is 5.50. The van der Waals surface area contributed by atoms with E-state index in [2.05, 4.69) is 83.6 Å². The zero-order chi connectivity index (χ0) is 20.4. The first kappa shape index (κ1) is 26.1. The van der Waals surface area contributed by atoms with Crippen molar-refractivity contribution in [2.45, 2.75) is 39.4 Å². The number of halogens is 1. The standard InChI is InChI=1S/C22H39N5O.HI/c1-18(2)21(27-11-13-28-14-12-27)16-25-22(23-4)24-15-19(3)26(5)17-20-9-7-6-8-10-20;/h6-10,18-19,21H,11-17H2,1-5H3,(H2,23,24,25);1H. The minimum absolute atomic E-state index is 0. The molecule has 2 N–H and O–H groups in total. The molecule has 1 aromatic rings. The lowest BCUT2D eigenvalue weighted by atomic mass is 10.0. The summed E-state index contributed by atoms with van der Waals surface area (Å²) >= 11 is 0. The number of rotatable bonds is 9. The van der Waals surface area contributed by atoms with Crippen LogP contribution >= 0.6 is 24.0 Å². The first-order chi connectivity index (χ1) is 13.5. The molecular formula is C22H40IN5O. The van der Waals surface area contributed by atoms with Crippen LogP contribution in [0.5, 0.6) is 0 Å². The van der Waals surface area contributed by atoms with Crippen LogP contribution in [-0.4, -0.2) is 81.3 Å². The highest BCUT2D eigenvalue weighted by molar-refractivity contribution is 14.0. The summed E-state index contributed by atoms with van der Waals surface area (Å²) in [6.07, 6.45) is 0. The molecule has 0 radical (unpaired) electrons.